The van der Waals surface area contributed by atoms with E-state index in [1.807, 2.05) is 0 Å². The van der Waals surface area contributed by atoms with Crippen LogP contribution in [0.5, 0.6) is 0 Å². The van der Waals surface area contributed by atoms with Crippen molar-refractivity contribution in [2.24, 2.45) is 0 Å². The van der Waals surface area contributed by atoms with Crippen LogP contribution in [0.25, 0.3) is 21.9 Å². The lowest BCUT2D eigenvalue weighted by molar-refractivity contribution is 0.497. The highest BCUT2D eigenvalue weighted by molar-refractivity contribution is 6.99. The summed E-state index contributed by atoms with van der Waals surface area (Å²) in [5.74, 6) is 1.15. The molecule has 67 heavy (non-hydrogen) atoms. The summed E-state index contributed by atoms with van der Waals surface area (Å²) in [5, 5.41) is 2.42. The number of hydrogen-bond donors (Lipinski definition) is 0. The monoisotopic (exact) mass is 869 g/mol. The topological polar surface area (TPSA) is 22.9 Å². The first-order valence-corrected chi connectivity index (χ1v) is 24.2. The third-order valence-corrected chi connectivity index (χ3v) is 14.5. The van der Waals surface area contributed by atoms with Crippen molar-refractivity contribution in [3.05, 3.63) is 204 Å². The Morgan fingerprint density at radius 2 is 1.09 bits per heavy atom. The van der Waals surface area contributed by atoms with E-state index in [0.29, 0.717) is 0 Å². The van der Waals surface area contributed by atoms with E-state index in [9.17, 15) is 0 Å². The summed E-state index contributed by atoms with van der Waals surface area (Å²) in [6.45, 7) is 13.8. The Hall–Kier alpha value is -7.24. The average Bonchev–Trinajstić information content (AvgIpc) is 3.73. The first kappa shape index (κ1) is 41.2. The van der Waals surface area contributed by atoms with Gasteiger partial charge in [0.15, 0.2) is 0 Å². The summed E-state index contributed by atoms with van der Waals surface area (Å²) in [7, 11) is 0. The van der Waals surface area contributed by atoms with Gasteiger partial charge in [-0.2, -0.15) is 0 Å². The summed E-state index contributed by atoms with van der Waals surface area (Å²) in [6.07, 6.45) is 4.31. The molecule has 5 heteroatoms. The van der Waals surface area contributed by atoms with E-state index in [2.05, 4.69) is 238 Å². The number of hydrogen-bond acceptors (Lipinski definition) is 4. The number of benzene rings is 8. The molecule has 0 radical (unpaired) electrons. The molecule has 1 aliphatic carbocycles. The van der Waals surface area contributed by atoms with Crippen molar-refractivity contribution in [3.63, 3.8) is 0 Å². The van der Waals surface area contributed by atoms with Crippen molar-refractivity contribution < 1.29 is 4.42 Å². The van der Waals surface area contributed by atoms with Gasteiger partial charge in [-0.1, -0.05) is 157 Å². The molecule has 0 bridgehead atoms. The van der Waals surface area contributed by atoms with Crippen LogP contribution < -0.4 is 31.3 Å². The van der Waals surface area contributed by atoms with Crippen LogP contribution in [0.15, 0.2) is 186 Å². The van der Waals surface area contributed by atoms with Gasteiger partial charge in [0, 0.05) is 57.2 Å². The number of furan rings is 1. The van der Waals surface area contributed by atoms with Gasteiger partial charge < -0.3 is 19.1 Å². The largest absolute Gasteiger partial charge is 0.473 e. The fraction of sp³-hybridized carbons (Fsp3) is 0.194. The number of nitrogens with zero attached hydrogens (tertiary/aromatic N) is 3. The third-order valence-electron chi connectivity index (χ3n) is 14.5. The minimum atomic E-state index is -0.118. The Labute approximate surface area is 396 Å². The SMILES string of the molecule is CC(C)(C)c1ccc(N(c2ccc3c(c2)N(c2ccccc2)c2cc(C(C)(C)C)cc4c2B3c2oc3c(c2N4c2ccccc2)CCCC3)c2ccc(-c3ccccc3)c3ccccc23)cc1. The van der Waals surface area contributed by atoms with Gasteiger partial charge in [0.1, 0.15) is 5.76 Å². The molecule has 0 unspecified atom stereocenters. The zero-order chi connectivity index (χ0) is 45.6. The number of para-hydroxylation sites is 2. The Kier molecular flexibility index (Phi) is 9.66. The normalized spacial score (nSPS) is 14.1. The molecule has 328 valence electrons. The second kappa shape index (κ2) is 15.7. The van der Waals surface area contributed by atoms with Gasteiger partial charge in [-0.15, -0.1) is 0 Å². The highest BCUT2D eigenvalue weighted by Gasteiger charge is 2.48. The van der Waals surface area contributed by atoms with Gasteiger partial charge in [0.25, 0.3) is 6.71 Å². The predicted octanol–water partition coefficient (Wildman–Crippen LogP) is 15.1. The van der Waals surface area contributed by atoms with Crippen LogP contribution in [0.2, 0.25) is 0 Å². The van der Waals surface area contributed by atoms with Gasteiger partial charge in [0.2, 0.25) is 0 Å². The molecule has 0 atom stereocenters. The number of fused-ring (bicyclic) bond motifs is 7. The molecule has 0 N–H and O–H groups in total. The fourth-order valence-corrected chi connectivity index (χ4v) is 11.1. The lowest BCUT2D eigenvalue weighted by Gasteiger charge is -2.44. The molecule has 3 aliphatic rings. The van der Waals surface area contributed by atoms with Gasteiger partial charge in [-0.25, -0.2) is 0 Å². The van der Waals surface area contributed by atoms with Crippen LogP contribution in [-0.2, 0) is 23.7 Å². The molecule has 1 aromatic heterocycles. The minimum Gasteiger partial charge on any atom is -0.473 e. The Morgan fingerprint density at radius 3 is 1.76 bits per heavy atom. The zero-order valence-corrected chi connectivity index (χ0v) is 39.5. The maximum absolute atomic E-state index is 7.31. The Morgan fingerprint density at radius 1 is 0.507 bits per heavy atom. The van der Waals surface area contributed by atoms with E-state index in [4.69, 9.17) is 4.42 Å². The van der Waals surface area contributed by atoms with E-state index >= 15 is 0 Å². The van der Waals surface area contributed by atoms with Gasteiger partial charge in [-0.3, -0.25) is 0 Å². The molecule has 0 amide bonds. The van der Waals surface area contributed by atoms with Crippen molar-refractivity contribution in [2.75, 3.05) is 14.7 Å². The van der Waals surface area contributed by atoms with Gasteiger partial charge >= 0.3 is 0 Å². The van der Waals surface area contributed by atoms with E-state index in [0.717, 1.165) is 64.8 Å². The second-order valence-corrected chi connectivity index (χ2v) is 20.8. The lowest BCUT2D eigenvalue weighted by atomic mass is 9.35. The standard InChI is InChI=1S/C62H56BN3O/c1-61(2,3)42-30-32-46(33-31-42)64(53-37-35-48(41-20-10-7-11-21-41)49-26-16-17-27-50(49)53)47-34-36-52-54(40-47)65(44-22-12-8-13-23-44)55-38-43(62(4,5)6)39-56-58(55)63(52)60-59(51-28-18-19-29-57(51)67-60)66(56)45-24-14-9-15-25-45/h7-17,20-27,30-40H,18-19,28-29H2,1-6H3. The number of aryl methyl sites for hydroxylation is 1. The summed E-state index contributed by atoms with van der Waals surface area (Å²) in [6, 6.07) is 67.7. The Balaban J connectivity index is 1.14. The molecule has 0 spiro atoms. The summed E-state index contributed by atoms with van der Waals surface area (Å²) in [4.78, 5) is 7.57. The van der Waals surface area contributed by atoms with Crippen LogP contribution in [0.1, 0.15) is 76.8 Å². The van der Waals surface area contributed by atoms with Crippen molar-refractivity contribution in [1.82, 2.24) is 0 Å². The maximum atomic E-state index is 7.31. The fourth-order valence-electron chi connectivity index (χ4n) is 11.1. The molecule has 0 saturated heterocycles. The average molecular weight is 870 g/mol. The Bertz CT molecular complexity index is 3330. The van der Waals surface area contributed by atoms with Crippen LogP contribution in [-0.4, -0.2) is 6.71 Å². The molecular formula is C62H56BN3O. The minimum absolute atomic E-state index is 0.0214. The van der Waals surface area contributed by atoms with E-state index in [1.54, 1.807) is 0 Å². The quantitative estimate of drug-likeness (QED) is 0.155. The van der Waals surface area contributed by atoms with E-state index in [1.165, 1.54) is 73.0 Å². The van der Waals surface area contributed by atoms with Crippen molar-refractivity contribution >= 4 is 85.3 Å². The van der Waals surface area contributed by atoms with Crippen LogP contribution in [0, 0.1) is 0 Å². The van der Waals surface area contributed by atoms with Crippen molar-refractivity contribution in [2.45, 2.75) is 78.1 Å². The first-order valence-electron chi connectivity index (χ1n) is 24.2. The van der Waals surface area contributed by atoms with Gasteiger partial charge in [0.05, 0.1) is 17.0 Å². The molecule has 12 rings (SSSR count). The van der Waals surface area contributed by atoms with E-state index in [-0.39, 0.29) is 17.5 Å². The van der Waals surface area contributed by atoms with Crippen molar-refractivity contribution in [3.8, 4) is 11.1 Å². The number of rotatable bonds is 6. The highest BCUT2D eigenvalue weighted by atomic mass is 16.3. The predicted molar refractivity (Wildman–Crippen MR) is 284 cm³/mol. The molecule has 0 fully saturated rings. The molecule has 4 nitrogen and oxygen atoms in total. The summed E-state index contributed by atoms with van der Waals surface area (Å²) < 4.78 is 7.31. The molecule has 0 saturated carbocycles. The smallest absolute Gasteiger partial charge is 0.297 e. The maximum Gasteiger partial charge on any atom is 0.297 e. The third kappa shape index (κ3) is 6.81. The number of anilines is 9. The molecule has 8 aromatic carbocycles. The van der Waals surface area contributed by atoms with Crippen LogP contribution >= 0.6 is 0 Å². The van der Waals surface area contributed by atoms with Crippen LogP contribution in [0.3, 0.4) is 0 Å². The molecule has 3 heterocycles. The molecule has 2 aliphatic heterocycles. The first-order chi connectivity index (χ1) is 32.5. The van der Waals surface area contributed by atoms with Crippen molar-refractivity contribution in [1.29, 1.82) is 0 Å². The highest BCUT2D eigenvalue weighted by Crippen LogP contribution is 2.50. The summed E-state index contributed by atoms with van der Waals surface area (Å²) >= 11 is 0. The molecule has 9 aromatic rings. The van der Waals surface area contributed by atoms with Gasteiger partial charge in [-0.05, 0) is 135 Å². The van der Waals surface area contributed by atoms with Crippen LogP contribution in [0.4, 0.5) is 51.2 Å². The van der Waals surface area contributed by atoms with E-state index < -0.39 is 0 Å². The lowest BCUT2D eigenvalue weighted by Crippen LogP contribution is -2.61. The molecular weight excluding hydrogens is 814 g/mol. The zero-order valence-electron chi connectivity index (χ0n) is 39.5. The summed E-state index contributed by atoms with van der Waals surface area (Å²) in [5.41, 5.74) is 20.4. The second-order valence-electron chi connectivity index (χ2n) is 20.8.